The van der Waals surface area contributed by atoms with E-state index in [9.17, 15) is 0 Å². The van der Waals surface area contributed by atoms with Gasteiger partial charge in [-0.15, -0.1) is 0 Å². The fourth-order valence-electron chi connectivity index (χ4n) is 3.66. The van der Waals surface area contributed by atoms with Crippen LogP contribution >= 0.6 is 0 Å². The minimum absolute atomic E-state index is 0.156. The molecule has 3 unspecified atom stereocenters. The fraction of sp³-hybridized carbons (Fsp3) is 0.650. The zero-order valence-electron chi connectivity index (χ0n) is 15.7. The highest BCUT2D eigenvalue weighted by molar-refractivity contribution is 5.80. The van der Waals surface area contributed by atoms with Crippen LogP contribution in [0.1, 0.15) is 36.8 Å². The molecule has 0 bridgehead atoms. The van der Waals surface area contributed by atoms with E-state index in [0.717, 1.165) is 51.6 Å². The number of hydrogen-bond donors (Lipinski definition) is 1. The highest BCUT2D eigenvalue weighted by atomic mass is 16.5. The molecule has 0 aromatic heterocycles. The third kappa shape index (κ3) is 4.73. The van der Waals surface area contributed by atoms with Crippen LogP contribution in [-0.2, 0) is 9.47 Å². The molecule has 1 aromatic rings. The maximum absolute atomic E-state index is 5.95. The Morgan fingerprint density at radius 3 is 2.88 bits per heavy atom. The van der Waals surface area contributed by atoms with Gasteiger partial charge >= 0.3 is 0 Å². The largest absolute Gasteiger partial charge is 0.375 e. The van der Waals surface area contributed by atoms with Gasteiger partial charge in [0.2, 0.25) is 0 Å². The first-order valence-electron chi connectivity index (χ1n) is 9.42. The van der Waals surface area contributed by atoms with Crippen molar-refractivity contribution in [1.29, 1.82) is 0 Å². The van der Waals surface area contributed by atoms with Crippen LogP contribution in [0.2, 0.25) is 0 Å². The molecule has 2 aliphatic rings. The average molecular weight is 345 g/mol. The van der Waals surface area contributed by atoms with E-state index in [4.69, 9.17) is 9.47 Å². The number of morpholine rings is 1. The van der Waals surface area contributed by atoms with Crippen LogP contribution in [0.25, 0.3) is 0 Å². The second-order valence-electron chi connectivity index (χ2n) is 7.15. The Labute approximate surface area is 151 Å². The second-order valence-corrected chi connectivity index (χ2v) is 7.15. The molecule has 3 atom stereocenters. The van der Waals surface area contributed by atoms with Gasteiger partial charge in [0, 0.05) is 33.3 Å². The summed E-state index contributed by atoms with van der Waals surface area (Å²) in [6, 6.07) is 8.73. The third-order valence-corrected chi connectivity index (χ3v) is 5.16. The van der Waals surface area contributed by atoms with E-state index in [2.05, 4.69) is 53.3 Å². The molecule has 2 heterocycles. The van der Waals surface area contributed by atoms with E-state index >= 15 is 0 Å². The quantitative estimate of drug-likeness (QED) is 0.673. The van der Waals surface area contributed by atoms with E-state index in [1.807, 2.05) is 7.05 Å². The van der Waals surface area contributed by atoms with Gasteiger partial charge < -0.3 is 19.7 Å². The Hall–Kier alpha value is -1.59. The van der Waals surface area contributed by atoms with Gasteiger partial charge in [-0.3, -0.25) is 4.99 Å². The Balaban J connectivity index is 1.55. The van der Waals surface area contributed by atoms with Crippen LogP contribution in [0.4, 0.5) is 0 Å². The van der Waals surface area contributed by atoms with Crippen molar-refractivity contribution in [3.8, 4) is 0 Å². The van der Waals surface area contributed by atoms with Crippen molar-refractivity contribution in [1.82, 2.24) is 10.2 Å². The smallest absolute Gasteiger partial charge is 0.193 e. The number of rotatable bonds is 4. The molecular weight excluding hydrogens is 314 g/mol. The maximum Gasteiger partial charge on any atom is 0.193 e. The number of ether oxygens (including phenoxy) is 2. The molecule has 2 fully saturated rings. The van der Waals surface area contributed by atoms with Crippen molar-refractivity contribution in [3.63, 3.8) is 0 Å². The van der Waals surface area contributed by atoms with Crippen molar-refractivity contribution in [2.24, 2.45) is 4.99 Å². The predicted octanol–water partition coefficient (Wildman–Crippen LogP) is 2.55. The van der Waals surface area contributed by atoms with Gasteiger partial charge in [-0.05, 0) is 31.2 Å². The van der Waals surface area contributed by atoms with Crippen molar-refractivity contribution >= 4 is 5.96 Å². The van der Waals surface area contributed by atoms with Crippen LogP contribution in [-0.4, -0.2) is 63.0 Å². The summed E-state index contributed by atoms with van der Waals surface area (Å²) in [5.41, 5.74) is 2.67. The second kappa shape index (κ2) is 8.68. The van der Waals surface area contributed by atoms with Crippen molar-refractivity contribution in [2.75, 3.05) is 39.9 Å². The normalized spacial score (nSPS) is 25.9. The van der Waals surface area contributed by atoms with Crippen LogP contribution in [0.3, 0.4) is 0 Å². The Morgan fingerprint density at radius 1 is 1.32 bits per heavy atom. The molecule has 5 heteroatoms. The molecule has 0 saturated carbocycles. The number of hydrogen-bond acceptors (Lipinski definition) is 3. The zero-order valence-corrected chi connectivity index (χ0v) is 15.7. The fourth-order valence-corrected chi connectivity index (χ4v) is 3.66. The number of nitrogens with zero attached hydrogens (tertiary/aromatic N) is 2. The lowest BCUT2D eigenvalue weighted by atomic mass is 9.99. The molecule has 5 nitrogen and oxygen atoms in total. The number of benzene rings is 1. The van der Waals surface area contributed by atoms with Crippen molar-refractivity contribution in [2.45, 2.75) is 44.8 Å². The lowest BCUT2D eigenvalue weighted by molar-refractivity contribution is -0.0817. The van der Waals surface area contributed by atoms with Crippen molar-refractivity contribution in [3.05, 3.63) is 35.4 Å². The Morgan fingerprint density at radius 2 is 2.16 bits per heavy atom. The molecule has 2 aliphatic heterocycles. The molecule has 0 radical (unpaired) electrons. The van der Waals surface area contributed by atoms with Crippen LogP contribution in [0.15, 0.2) is 29.3 Å². The van der Waals surface area contributed by atoms with Crippen molar-refractivity contribution < 1.29 is 9.47 Å². The zero-order chi connectivity index (χ0) is 17.6. The topological polar surface area (TPSA) is 46.1 Å². The van der Waals surface area contributed by atoms with E-state index in [1.54, 1.807) is 0 Å². The molecule has 25 heavy (non-hydrogen) atoms. The molecular formula is C20H31N3O2. The van der Waals surface area contributed by atoms with Gasteiger partial charge in [0.15, 0.2) is 5.96 Å². The SMILES string of the molecule is CN=C(NCC(C)c1cccc(C)c1)N1CCOC(C2CCCO2)C1. The maximum atomic E-state index is 5.95. The first kappa shape index (κ1) is 18.2. The van der Waals surface area contributed by atoms with E-state index in [1.165, 1.54) is 11.1 Å². The van der Waals surface area contributed by atoms with Gasteiger partial charge in [-0.1, -0.05) is 36.8 Å². The average Bonchev–Trinajstić information content (AvgIpc) is 3.17. The lowest BCUT2D eigenvalue weighted by Gasteiger charge is -2.37. The van der Waals surface area contributed by atoms with Crippen LogP contribution in [0, 0.1) is 6.92 Å². The van der Waals surface area contributed by atoms with E-state index in [0.29, 0.717) is 5.92 Å². The predicted molar refractivity (Wildman–Crippen MR) is 101 cm³/mol. The minimum Gasteiger partial charge on any atom is -0.375 e. The number of aliphatic imine (C=N–C) groups is 1. The summed E-state index contributed by atoms with van der Waals surface area (Å²) in [6.07, 6.45) is 2.65. The summed E-state index contributed by atoms with van der Waals surface area (Å²) in [5.74, 6) is 1.40. The summed E-state index contributed by atoms with van der Waals surface area (Å²) in [6.45, 7) is 8.60. The van der Waals surface area contributed by atoms with Crippen LogP contribution < -0.4 is 5.32 Å². The first-order chi connectivity index (χ1) is 12.2. The summed E-state index contributed by atoms with van der Waals surface area (Å²) < 4.78 is 11.8. The van der Waals surface area contributed by atoms with E-state index in [-0.39, 0.29) is 12.2 Å². The van der Waals surface area contributed by atoms with Gasteiger partial charge in [0.05, 0.1) is 12.7 Å². The minimum atomic E-state index is 0.156. The molecule has 1 N–H and O–H groups in total. The van der Waals surface area contributed by atoms with Gasteiger partial charge in [0.1, 0.15) is 6.10 Å². The van der Waals surface area contributed by atoms with Gasteiger partial charge in [-0.25, -0.2) is 0 Å². The molecule has 2 saturated heterocycles. The number of guanidine groups is 1. The number of nitrogens with one attached hydrogen (secondary N) is 1. The molecule has 138 valence electrons. The standard InChI is InChI=1S/C20H31N3O2/c1-15-6-4-7-17(12-15)16(2)13-22-20(21-3)23-9-11-25-19(14-23)18-8-5-10-24-18/h4,6-7,12,16,18-19H,5,8-11,13-14H2,1-3H3,(H,21,22). The first-order valence-corrected chi connectivity index (χ1v) is 9.42. The lowest BCUT2D eigenvalue weighted by Crippen LogP contribution is -2.53. The Bertz CT molecular complexity index is 584. The molecule has 0 aliphatic carbocycles. The molecule has 0 amide bonds. The van der Waals surface area contributed by atoms with Gasteiger partial charge in [0.25, 0.3) is 0 Å². The summed E-state index contributed by atoms with van der Waals surface area (Å²) in [5, 5.41) is 3.55. The summed E-state index contributed by atoms with van der Waals surface area (Å²) in [4.78, 5) is 6.80. The molecule has 3 rings (SSSR count). The molecule has 1 aromatic carbocycles. The third-order valence-electron chi connectivity index (χ3n) is 5.16. The summed E-state index contributed by atoms with van der Waals surface area (Å²) >= 11 is 0. The van der Waals surface area contributed by atoms with Crippen LogP contribution in [0.5, 0.6) is 0 Å². The highest BCUT2D eigenvalue weighted by Crippen LogP contribution is 2.21. The summed E-state index contributed by atoms with van der Waals surface area (Å²) in [7, 11) is 1.86. The molecule has 0 spiro atoms. The monoisotopic (exact) mass is 345 g/mol. The number of aryl methyl sites for hydroxylation is 1. The Kier molecular flexibility index (Phi) is 6.32. The van der Waals surface area contributed by atoms with Gasteiger partial charge in [-0.2, -0.15) is 0 Å². The van der Waals surface area contributed by atoms with E-state index < -0.39 is 0 Å². The highest BCUT2D eigenvalue weighted by Gasteiger charge is 2.32.